The molecule has 9 heavy (non-hydrogen) atoms. The van der Waals surface area contributed by atoms with Crippen molar-refractivity contribution in [2.24, 2.45) is 0 Å². The van der Waals surface area contributed by atoms with E-state index >= 15 is 0 Å². The Balaban J connectivity index is 3.25. The highest BCUT2D eigenvalue weighted by molar-refractivity contribution is 14.1. The quantitative estimate of drug-likeness (QED) is 0.694. The van der Waals surface area contributed by atoms with Gasteiger partial charge in [-0.05, 0) is 35.6 Å². The van der Waals surface area contributed by atoms with Crippen LogP contribution in [0, 0.1) is 10.5 Å². The van der Waals surface area contributed by atoms with Crippen LogP contribution in [-0.2, 0) is 0 Å². The van der Waals surface area contributed by atoms with Crippen molar-refractivity contribution in [1.29, 1.82) is 0 Å². The minimum Gasteiger partial charge on any atom is -0.505 e. The zero-order valence-corrected chi connectivity index (χ0v) is 7.08. The molecule has 1 aromatic heterocycles. The minimum absolute atomic E-state index is 0.290. The SMILES string of the molecule is Cc1nccc(I)c1O. The average Bonchev–Trinajstić information content (AvgIpc) is 1.83. The fourth-order valence-corrected chi connectivity index (χ4v) is 1.08. The van der Waals surface area contributed by atoms with E-state index in [0.717, 1.165) is 3.57 Å². The van der Waals surface area contributed by atoms with E-state index in [-0.39, 0.29) is 5.75 Å². The standard InChI is InChI=1S/C6H6INO/c1-4-6(9)5(7)2-3-8-4/h2-3,9H,1H3. The largest absolute Gasteiger partial charge is 0.505 e. The molecule has 0 unspecified atom stereocenters. The van der Waals surface area contributed by atoms with E-state index in [4.69, 9.17) is 5.11 Å². The third-order valence-electron chi connectivity index (χ3n) is 1.06. The smallest absolute Gasteiger partial charge is 0.150 e. The topological polar surface area (TPSA) is 33.1 Å². The summed E-state index contributed by atoms with van der Waals surface area (Å²) in [5, 5.41) is 9.14. The molecule has 2 nitrogen and oxygen atoms in total. The first-order valence-corrected chi connectivity index (χ1v) is 3.60. The normalized spacial score (nSPS) is 9.56. The van der Waals surface area contributed by atoms with Gasteiger partial charge in [-0.25, -0.2) is 0 Å². The van der Waals surface area contributed by atoms with Gasteiger partial charge in [0.2, 0.25) is 0 Å². The maximum Gasteiger partial charge on any atom is 0.150 e. The predicted octanol–water partition coefficient (Wildman–Crippen LogP) is 1.70. The van der Waals surface area contributed by atoms with Crippen LogP contribution < -0.4 is 0 Å². The molecule has 0 aliphatic rings. The molecule has 0 bridgehead atoms. The zero-order chi connectivity index (χ0) is 6.85. The number of hydrogen-bond acceptors (Lipinski definition) is 2. The molecule has 0 aromatic carbocycles. The number of aryl methyl sites for hydroxylation is 1. The molecule has 0 amide bonds. The van der Waals surface area contributed by atoms with Crippen LogP contribution in [0.25, 0.3) is 0 Å². The summed E-state index contributed by atoms with van der Waals surface area (Å²) in [5.74, 6) is 0.290. The molecular weight excluding hydrogens is 229 g/mol. The molecular formula is C6H6INO. The van der Waals surface area contributed by atoms with Crippen molar-refractivity contribution < 1.29 is 5.11 Å². The number of aromatic nitrogens is 1. The van der Waals surface area contributed by atoms with Crippen molar-refractivity contribution in [2.45, 2.75) is 6.92 Å². The first-order valence-electron chi connectivity index (χ1n) is 2.52. The molecule has 1 aromatic rings. The van der Waals surface area contributed by atoms with E-state index in [2.05, 4.69) is 27.6 Å². The Morgan fingerprint density at radius 3 is 2.78 bits per heavy atom. The molecule has 0 radical (unpaired) electrons. The van der Waals surface area contributed by atoms with Gasteiger partial charge in [0.1, 0.15) is 5.75 Å². The van der Waals surface area contributed by atoms with Crippen LogP contribution in [0.2, 0.25) is 0 Å². The summed E-state index contributed by atoms with van der Waals surface area (Å²) in [6, 6.07) is 1.77. The highest BCUT2D eigenvalue weighted by Crippen LogP contribution is 2.20. The van der Waals surface area contributed by atoms with Gasteiger partial charge in [0.15, 0.2) is 0 Å². The van der Waals surface area contributed by atoms with Gasteiger partial charge >= 0.3 is 0 Å². The molecule has 1 rings (SSSR count). The molecule has 3 heteroatoms. The van der Waals surface area contributed by atoms with E-state index in [1.165, 1.54) is 0 Å². The highest BCUT2D eigenvalue weighted by atomic mass is 127. The zero-order valence-electron chi connectivity index (χ0n) is 4.93. The third-order valence-corrected chi connectivity index (χ3v) is 1.93. The lowest BCUT2D eigenvalue weighted by molar-refractivity contribution is 0.463. The Labute approximate surface area is 67.1 Å². The van der Waals surface area contributed by atoms with Gasteiger partial charge in [-0.2, -0.15) is 0 Å². The number of halogens is 1. The summed E-state index contributed by atoms with van der Waals surface area (Å²) in [6.45, 7) is 1.78. The molecule has 0 fully saturated rings. The second-order valence-electron chi connectivity index (χ2n) is 1.73. The van der Waals surface area contributed by atoms with Crippen LogP contribution >= 0.6 is 22.6 Å². The fraction of sp³-hybridized carbons (Fsp3) is 0.167. The summed E-state index contributed by atoms with van der Waals surface area (Å²) < 4.78 is 0.847. The molecule has 0 aliphatic heterocycles. The Morgan fingerprint density at radius 1 is 1.67 bits per heavy atom. The Bertz CT molecular complexity index is 204. The highest BCUT2D eigenvalue weighted by Gasteiger charge is 1.98. The summed E-state index contributed by atoms with van der Waals surface area (Å²) in [7, 11) is 0. The Hall–Kier alpha value is -0.320. The lowest BCUT2D eigenvalue weighted by Crippen LogP contribution is -1.82. The number of nitrogens with zero attached hydrogens (tertiary/aromatic N) is 1. The summed E-state index contributed by atoms with van der Waals surface area (Å²) >= 11 is 2.06. The third kappa shape index (κ3) is 1.32. The minimum atomic E-state index is 0.290. The Morgan fingerprint density at radius 2 is 2.33 bits per heavy atom. The maximum absolute atomic E-state index is 9.14. The van der Waals surface area contributed by atoms with Crippen molar-refractivity contribution in [3.63, 3.8) is 0 Å². The van der Waals surface area contributed by atoms with Crippen molar-refractivity contribution >= 4 is 22.6 Å². The van der Waals surface area contributed by atoms with Gasteiger partial charge < -0.3 is 5.11 Å². The van der Waals surface area contributed by atoms with E-state index in [9.17, 15) is 0 Å². The fourth-order valence-electron chi connectivity index (χ4n) is 0.527. The molecule has 1 heterocycles. The predicted molar refractivity (Wildman–Crippen MR) is 43.4 cm³/mol. The van der Waals surface area contributed by atoms with E-state index < -0.39 is 0 Å². The Kier molecular flexibility index (Phi) is 1.90. The van der Waals surface area contributed by atoms with Crippen LogP contribution in [0.15, 0.2) is 12.3 Å². The molecule has 0 aliphatic carbocycles. The average molecular weight is 235 g/mol. The number of hydrogen-bond donors (Lipinski definition) is 1. The van der Waals surface area contributed by atoms with Crippen LogP contribution in [0.3, 0.4) is 0 Å². The van der Waals surface area contributed by atoms with E-state index in [1.807, 2.05) is 0 Å². The second kappa shape index (κ2) is 2.51. The van der Waals surface area contributed by atoms with Crippen molar-refractivity contribution in [3.8, 4) is 5.75 Å². The lowest BCUT2D eigenvalue weighted by Gasteiger charge is -1.96. The molecule has 0 saturated carbocycles. The van der Waals surface area contributed by atoms with Crippen molar-refractivity contribution in [2.75, 3.05) is 0 Å². The number of aromatic hydroxyl groups is 1. The first kappa shape index (κ1) is 6.80. The van der Waals surface area contributed by atoms with Crippen LogP contribution in [0.5, 0.6) is 5.75 Å². The van der Waals surface area contributed by atoms with Crippen LogP contribution in [-0.4, -0.2) is 10.1 Å². The van der Waals surface area contributed by atoms with Gasteiger partial charge in [0.25, 0.3) is 0 Å². The van der Waals surface area contributed by atoms with Gasteiger partial charge in [-0.15, -0.1) is 0 Å². The monoisotopic (exact) mass is 235 g/mol. The van der Waals surface area contributed by atoms with Gasteiger partial charge in [-0.1, -0.05) is 0 Å². The van der Waals surface area contributed by atoms with Crippen molar-refractivity contribution in [1.82, 2.24) is 4.98 Å². The summed E-state index contributed by atoms with van der Waals surface area (Å²) in [5.41, 5.74) is 0.682. The van der Waals surface area contributed by atoms with Crippen LogP contribution in [0.1, 0.15) is 5.69 Å². The first-order chi connectivity index (χ1) is 4.22. The van der Waals surface area contributed by atoms with Crippen molar-refractivity contribution in [3.05, 3.63) is 21.5 Å². The molecule has 0 spiro atoms. The lowest BCUT2D eigenvalue weighted by atomic mass is 10.3. The number of rotatable bonds is 0. The van der Waals surface area contributed by atoms with Crippen LogP contribution in [0.4, 0.5) is 0 Å². The molecule has 48 valence electrons. The van der Waals surface area contributed by atoms with Gasteiger partial charge in [-0.3, -0.25) is 4.98 Å². The molecule has 0 atom stereocenters. The van der Waals surface area contributed by atoms with Gasteiger partial charge in [0, 0.05) is 6.20 Å². The second-order valence-corrected chi connectivity index (χ2v) is 2.89. The summed E-state index contributed by atoms with van der Waals surface area (Å²) in [6.07, 6.45) is 1.68. The maximum atomic E-state index is 9.14. The summed E-state index contributed by atoms with van der Waals surface area (Å²) in [4.78, 5) is 3.88. The van der Waals surface area contributed by atoms with E-state index in [1.54, 1.807) is 19.2 Å². The van der Waals surface area contributed by atoms with E-state index in [0.29, 0.717) is 5.69 Å². The van der Waals surface area contributed by atoms with Gasteiger partial charge in [0.05, 0.1) is 9.26 Å². The molecule has 0 saturated heterocycles. The molecule has 1 N–H and O–H groups in total. The number of pyridine rings is 1.